The molecule has 0 saturated heterocycles. The molecule has 8 heteroatoms. The molecule has 0 radical (unpaired) electrons. The molecular formula is C19H19BrN4O3. The Labute approximate surface area is 164 Å². The SMILES string of the molecule is COc1cc(C=NN)ccc1OCc1c(Br)c(=O)n(-c2ccccc2)n1C. The number of hydrazone groups is 1. The van der Waals surface area contributed by atoms with Gasteiger partial charge in [-0.15, -0.1) is 0 Å². The Bertz CT molecular complexity index is 1030. The van der Waals surface area contributed by atoms with Gasteiger partial charge in [0.2, 0.25) is 0 Å². The van der Waals surface area contributed by atoms with Crippen LogP contribution in [-0.4, -0.2) is 22.7 Å². The number of hydrogen-bond acceptors (Lipinski definition) is 5. The lowest BCUT2D eigenvalue weighted by molar-refractivity contribution is 0.274. The molecule has 0 fully saturated rings. The average Bonchev–Trinajstić information content (AvgIpc) is 2.90. The zero-order chi connectivity index (χ0) is 19.4. The highest BCUT2D eigenvalue weighted by molar-refractivity contribution is 9.10. The second-order valence-corrected chi connectivity index (χ2v) is 6.51. The van der Waals surface area contributed by atoms with E-state index in [0.717, 1.165) is 11.3 Å². The maximum Gasteiger partial charge on any atom is 0.286 e. The molecule has 0 atom stereocenters. The standard InChI is InChI=1S/C19H19BrN4O3/c1-23-15(18(20)19(25)24(23)14-6-4-3-5-7-14)12-27-16-9-8-13(11-22-21)10-17(16)26-2/h3-11H,12,21H2,1-2H3. The van der Waals surface area contributed by atoms with Crippen LogP contribution in [0.3, 0.4) is 0 Å². The van der Waals surface area contributed by atoms with E-state index in [1.54, 1.807) is 28.6 Å². The van der Waals surface area contributed by atoms with Crippen molar-refractivity contribution in [3.05, 3.63) is 74.6 Å². The molecule has 0 aliphatic heterocycles. The smallest absolute Gasteiger partial charge is 0.286 e. The number of benzene rings is 2. The van der Waals surface area contributed by atoms with Gasteiger partial charge in [-0.25, -0.2) is 4.68 Å². The maximum absolute atomic E-state index is 12.7. The lowest BCUT2D eigenvalue weighted by atomic mass is 10.2. The molecule has 7 nitrogen and oxygen atoms in total. The molecule has 1 aromatic heterocycles. The highest BCUT2D eigenvalue weighted by Crippen LogP contribution is 2.29. The number of nitrogens with zero attached hydrogens (tertiary/aromatic N) is 3. The van der Waals surface area contributed by atoms with Crippen LogP contribution in [0.4, 0.5) is 0 Å². The van der Waals surface area contributed by atoms with E-state index in [9.17, 15) is 4.79 Å². The maximum atomic E-state index is 12.7. The van der Waals surface area contributed by atoms with Crippen LogP contribution in [0.5, 0.6) is 11.5 Å². The number of rotatable bonds is 6. The predicted molar refractivity (Wildman–Crippen MR) is 108 cm³/mol. The van der Waals surface area contributed by atoms with Gasteiger partial charge in [-0.1, -0.05) is 18.2 Å². The molecule has 0 spiro atoms. The monoisotopic (exact) mass is 430 g/mol. The van der Waals surface area contributed by atoms with Crippen molar-refractivity contribution in [2.45, 2.75) is 6.61 Å². The van der Waals surface area contributed by atoms with E-state index >= 15 is 0 Å². The molecular weight excluding hydrogens is 412 g/mol. The summed E-state index contributed by atoms with van der Waals surface area (Å²) in [6, 6.07) is 14.8. The first-order valence-electron chi connectivity index (χ1n) is 8.12. The highest BCUT2D eigenvalue weighted by atomic mass is 79.9. The minimum atomic E-state index is -0.149. The molecule has 3 aromatic rings. The summed E-state index contributed by atoms with van der Waals surface area (Å²) in [4.78, 5) is 12.7. The van der Waals surface area contributed by atoms with Gasteiger partial charge in [0.25, 0.3) is 5.56 Å². The van der Waals surface area contributed by atoms with Crippen molar-refractivity contribution >= 4 is 22.1 Å². The van der Waals surface area contributed by atoms with Crippen molar-refractivity contribution in [2.24, 2.45) is 18.0 Å². The molecule has 27 heavy (non-hydrogen) atoms. The zero-order valence-corrected chi connectivity index (χ0v) is 16.5. The van der Waals surface area contributed by atoms with E-state index < -0.39 is 0 Å². The minimum Gasteiger partial charge on any atom is -0.493 e. The second kappa shape index (κ2) is 8.13. The van der Waals surface area contributed by atoms with Gasteiger partial charge in [0, 0.05) is 7.05 Å². The van der Waals surface area contributed by atoms with Crippen LogP contribution in [0.1, 0.15) is 11.3 Å². The molecule has 3 rings (SSSR count). The summed E-state index contributed by atoms with van der Waals surface area (Å²) in [6.45, 7) is 0.187. The summed E-state index contributed by atoms with van der Waals surface area (Å²) >= 11 is 3.39. The Morgan fingerprint density at radius 2 is 1.93 bits per heavy atom. The van der Waals surface area contributed by atoms with Crippen LogP contribution in [0.2, 0.25) is 0 Å². The van der Waals surface area contributed by atoms with Crippen molar-refractivity contribution < 1.29 is 9.47 Å². The molecule has 0 amide bonds. The third kappa shape index (κ3) is 3.75. The molecule has 0 bridgehead atoms. The van der Waals surface area contributed by atoms with E-state index in [1.165, 1.54) is 6.21 Å². The third-order valence-electron chi connectivity index (χ3n) is 4.10. The van der Waals surface area contributed by atoms with Gasteiger partial charge >= 0.3 is 0 Å². The van der Waals surface area contributed by atoms with Gasteiger partial charge in [-0.05, 0) is 51.8 Å². The molecule has 2 N–H and O–H groups in total. The lowest BCUT2D eigenvalue weighted by Gasteiger charge is -2.13. The summed E-state index contributed by atoms with van der Waals surface area (Å²) in [5, 5.41) is 3.50. The number of para-hydroxylation sites is 1. The van der Waals surface area contributed by atoms with E-state index in [1.807, 2.05) is 43.4 Å². The van der Waals surface area contributed by atoms with E-state index in [-0.39, 0.29) is 12.2 Å². The van der Waals surface area contributed by atoms with E-state index in [2.05, 4.69) is 21.0 Å². The largest absolute Gasteiger partial charge is 0.493 e. The van der Waals surface area contributed by atoms with E-state index in [0.29, 0.717) is 21.7 Å². The highest BCUT2D eigenvalue weighted by Gasteiger charge is 2.18. The van der Waals surface area contributed by atoms with Gasteiger partial charge < -0.3 is 15.3 Å². The molecule has 0 unspecified atom stereocenters. The van der Waals surface area contributed by atoms with Crippen LogP contribution >= 0.6 is 15.9 Å². The number of ether oxygens (including phenoxy) is 2. The Kier molecular flexibility index (Phi) is 5.66. The van der Waals surface area contributed by atoms with E-state index in [4.69, 9.17) is 15.3 Å². The summed E-state index contributed by atoms with van der Waals surface area (Å²) in [5.41, 5.74) is 2.13. The van der Waals surface area contributed by atoms with Gasteiger partial charge in [-0.3, -0.25) is 9.48 Å². The Hall–Kier alpha value is -3.00. The topological polar surface area (TPSA) is 83.8 Å². The van der Waals surface area contributed by atoms with Crippen LogP contribution in [0, 0.1) is 0 Å². The molecule has 2 aromatic carbocycles. The Balaban J connectivity index is 1.91. The van der Waals surface area contributed by atoms with Gasteiger partial charge in [0.1, 0.15) is 11.1 Å². The first kappa shape index (κ1) is 18.8. The molecule has 140 valence electrons. The minimum absolute atomic E-state index is 0.149. The summed E-state index contributed by atoms with van der Waals surface area (Å²) in [5.74, 6) is 6.29. The first-order valence-corrected chi connectivity index (χ1v) is 8.92. The van der Waals surface area contributed by atoms with Crippen LogP contribution < -0.4 is 20.9 Å². The molecule has 0 aliphatic carbocycles. The number of halogens is 1. The lowest BCUT2D eigenvalue weighted by Crippen LogP contribution is -2.19. The van der Waals surface area contributed by atoms with Crippen molar-refractivity contribution in [2.75, 3.05) is 7.11 Å². The van der Waals surface area contributed by atoms with Gasteiger partial charge in [0.15, 0.2) is 11.5 Å². The number of methoxy groups -OCH3 is 1. The second-order valence-electron chi connectivity index (χ2n) is 5.71. The van der Waals surface area contributed by atoms with Crippen molar-refractivity contribution in [3.63, 3.8) is 0 Å². The fourth-order valence-corrected chi connectivity index (χ4v) is 3.29. The summed E-state index contributed by atoms with van der Waals surface area (Å²) < 4.78 is 15.1. The molecule has 0 saturated carbocycles. The third-order valence-corrected chi connectivity index (χ3v) is 4.90. The van der Waals surface area contributed by atoms with Crippen LogP contribution in [0.25, 0.3) is 5.69 Å². The quantitative estimate of drug-likeness (QED) is 0.370. The van der Waals surface area contributed by atoms with Crippen molar-refractivity contribution in [1.82, 2.24) is 9.36 Å². The number of nitrogens with two attached hydrogens (primary N) is 1. The Morgan fingerprint density at radius 1 is 1.19 bits per heavy atom. The van der Waals surface area contributed by atoms with Crippen LogP contribution in [0.15, 0.2) is 62.9 Å². The Morgan fingerprint density at radius 3 is 2.59 bits per heavy atom. The van der Waals surface area contributed by atoms with Crippen LogP contribution in [-0.2, 0) is 13.7 Å². The molecule has 1 heterocycles. The summed E-state index contributed by atoms with van der Waals surface area (Å²) in [6.07, 6.45) is 1.52. The van der Waals surface area contributed by atoms with Gasteiger partial charge in [-0.2, -0.15) is 5.10 Å². The fourth-order valence-electron chi connectivity index (χ4n) is 2.75. The van der Waals surface area contributed by atoms with Crippen molar-refractivity contribution in [3.8, 4) is 17.2 Å². The average molecular weight is 431 g/mol. The number of hydrogen-bond donors (Lipinski definition) is 1. The van der Waals surface area contributed by atoms with Crippen molar-refractivity contribution in [1.29, 1.82) is 0 Å². The first-order chi connectivity index (χ1) is 13.1. The number of aromatic nitrogens is 2. The predicted octanol–water partition coefficient (Wildman–Crippen LogP) is 2.82. The van der Waals surface area contributed by atoms with Gasteiger partial charge in [0.05, 0.1) is 24.7 Å². The molecule has 0 aliphatic rings. The fraction of sp³-hybridized carbons (Fsp3) is 0.158. The normalized spacial score (nSPS) is 11.1. The zero-order valence-electron chi connectivity index (χ0n) is 14.9. The summed E-state index contributed by atoms with van der Waals surface area (Å²) in [7, 11) is 3.37.